The van der Waals surface area contributed by atoms with Crippen molar-refractivity contribution in [1.29, 1.82) is 0 Å². The monoisotopic (exact) mass is 1070 g/mol. The van der Waals surface area contributed by atoms with Crippen LogP contribution in [0, 0.1) is 6.07 Å². The molecule has 5 heteroatoms. The van der Waals surface area contributed by atoms with Crippen LogP contribution in [0.1, 0.15) is 141 Å². The van der Waals surface area contributed by atoms with Gasteiger partial charge in [-0.05, 0) is 90.8 Å². The third-order valence-corrected chi connectivity index (χ3v) is 12.5. The molecule has 0 saturated carbocycles. The number of fused-ring (bicyclic) bond motifs is 1. The second-order valence-electron chi connectivity index (χ2n) is 22.9. The molecular weight excluding hydrogens is 998 g/mol. The third kappa shape index (κ3) is 10.0. The Kier molecular flexibility index (Phi) is 10.8. The maximum atomic E-state index is 12.6. The van der Waals surface area contributed by atoms with Crippen molar-refractivity contribution in [2.45, 2.75) is 131 Å². The first-order chi connectivity index (χ1) is 33.7. The van der Waals surface area contributed by atoms with Gasteiger partial charge in [0.05, 0.1) is 31.9 Å². The number of imidazole rings is 1. The smallest absolute Gasteiger partial charge is 0.148 e. The molecule has 0 saturated heterocycles. The van der Waals surface area contributed by atoms with E-state index >= 15 is 0 Å². The van der Waals surface area contributed by atoms with Gasteiger partial charge >= 0.3 is 0 Å². The van der Waals surface area contributed by atoms with E-state index in [1.807, 2.05) is 65.2 Å². The molecule has 8 rings (SSSR count). The van der Waals surface area contributed by atoms with Gasteiger partial charge in [0.15, 0.2) is 0 Å². The minimum atomic E-state index is -0.480. The summed E-state index contributed by atoms with van der Waals surface area (Å²) < 4.78 is 65.2. The van der Waals surface area contributed by atoms with Crippen LogP contribution in [0.15, 0.2) is 133 Å². The van der Waals surface area contributed by atoms with Gasteiger partial charge in [-0.2, -0.15) is 0 Å². The van der Waals surface area contributed by atoms with Crippen LogP contribution < -0.4 is 0 Å². The number of aromatic nitrogens is 3. The summed E-state index contributed by atoms with van der Waals surface area (Å²) in [4.78, 5) is 10.3. The van der Waals surface area contributed by atoms with Crippen molar-refractivity contribution in [2.75, 3.05) is 0 Å². The quantitative estimate of drug-likeness (QED) is 0.169. The number of benzene rings is 6. The SMILES string of the molecule is [2H]c1cnc(-c2[c-]c(-c3cccc4c3nc(-c3cc(C(C)(C)C)cc(C(C)(C)C)c3O)n4-c3ccc(C(C)(C)C)cc3-c3c([2H])c([2H])c([2H])c([2H])c3[2H])cc(C(C)(C)C)c2)c([2H])c1-c1ccc(C(C)(C)C)cc1.[Pt]. The van der Waals surface area contributed by atoms with E-state index in [0.717, 1.165) is 33.4 Å². The number of phenolic OH excluding ortho intramolecular Hbond substituents is 1. The predicted octanol–water partition coefficient (Wildman–Crippen LogP) is 16.7. The second-order valence-corrected chi connectivity index (χ2v) is 22.9. The van der Waals surface area contributed by atoms with Gasteiger partial charge in [0.2, 0.25) is 0 Å². The van der Waals surface area contributed by atoms with E-state index in [4.69, 9.17) is 15.5 Å². The zero-order valence-electron chi connectivity index (χ0n) is 48.8. The summed E-state index contributed by atoms with van der Waals surface area (Å²) in [5.41, 5.74) is 9.36. The van der Waals surface area contributed by atoms with Gasteiger partial charge in [0.1, 0.15) is 11.6 Å². The van der Waals surface area contributed by atoms with Crippen molar-refractivity contribution in [2.24, 2.45) is 0 Å². The fraction of sp³-hybridized carbons (Fsp3) is 0.323. The summed E-state index contributed by atoms with van der Waals surface area (Å²) in [5, 5.41) is 12.6. The number of hydrogen-bond donors (Lipinski definition) is 1. The minimum Gasteiger partial charge on any atom is -0.507 e. The molecule has 0 radical (unpaired) electrons. The molecule has 8 aromatic rings. The number of hydrogen-bond acceptors (Lipinski definition) is 3. The fourth-order valence-electron chi connectivity index (χ4n) is 8.39. The van der Waals surface area contributed by atoms with Gasteiger partial charge in [0, 0.05) is 44.1 Å². The van der Waals surface area contributed by atoms with Crippen molar-refractivity contribution in [1.82, 2.24) is 14.5 Å². The number of nitrogens with zero attached hydrogens (tertiary/aromatic N) is 3. The molecule has 0 spiro atoms. The van der Waals surface area contributed by atoms with Crippen LogP contribution in [0.3, 0.4) is 0 Å². The average Bonchev–Trinajstić information content (AvgIpc) is 3.68. The minimum absolute atomic E-state index is 0. The van der Waals surface area contributed by atoms with E-state index in [9.17, 15) is 9.22 Å². The molecule has 0 atom stereocenters. The van der Waals surface area contributed by atoms with Crippen molar-refractivity contribution in [3.8, 4) is 67.5 Å². The Morgan fingerprint density at radius 2 is 1.12 bits per heavy atom. The Labute approximate surface area is 425 Å². The average molecular weight is 1070 g/mol. The molecule has 348 valence electrons. The van der Waals surface area contributed by atoms with E-state index < -0.39 is 23.5 Å². The predicted molar refractivity (Wildman–Crippen MR) is 280 cm³/mol. The maximum Gasteiger partial charge on any atom is 0.148 e. The van der Waals surface area contributed by atoms with Gasteiger partial charge < -0.3 is 5.11 Å². The van der Waals surface area contributed by atoms with Crippen molar-refractivity contribution in [3.05, 3.63) is 167 Å². The van der Waals surface area contributed by atoms with E-state index in [1.54, 1.807) is 0 Å². The molecule has 0 aliphatic carbocycles. The number of aromatic hydroxyl groups is 1. The molecule has 67 heavy (non-hydrogen) atoms. The standard InChI is InChI=1S/C62H68N3O.Pt/c1-58(2,3)44-26-24-39(25-27-44)41-30-31-63-52(35-41)43-32-42(33-46(34-43)60(7,8)9)48-22-19-23-54-55(48)64-57(50-37-47(61(10,11)12)38-51(56(50)66)62(13,14)15)65(54)53-29-28-45(59(4,5)6)36-49(53)40-20-17-16-18-21-40;/h16-31,33-38,66H,1-15H3;/q-1;/i16D,17D,18D,20D,21D,30D,35D;. The zero-order chi connectivity index (χ0) is 53.8. The van der Waals surface area contributed by atoms with Gasteiger partial charge in [0.25, 0.3) is 0 Å². The zero-order valence-corrected chi connectivity index (χ0v) is 44.0. The summed E-state index contributed by atoms with van der Waals surface area (Å²) in [6, 6.07) is 29.9. The topological polar surface area (TPSA) is 50.9 Å². The van der Waals surface area contributed by atoms with E-state index in [1.165, 1.54) is 6.20 Å². The van der Waals surface area contributed by atoms with Crippen LogP contribution >= 0.6 is 0 Å². The van der Waals surface area contributed by atoms with E-state index in [0.29, 0.717) is 61.6 Å². The normalized spacial score (nSPS) is 14.1. The summed E-state index contributed by atoms with van der Waals surface area (Å²) in [7, 11) is 0. The molecule has 0 unspecified atom stereocenters. The molecule has 0 amide bonds. The van der Waals surface area contributed by atoms with Crippen molar-refractivity contribution in [3.63, 3.8) is 0 Å². The molecule has 0 bridgehead atoms. The maximum absolute atomic E-state index is 12.6. The first-order valence-corrected chi connectivity index (χ1v) is 23.0. The fourth-order valence-corrected chi connectivity index (χ4v) is 8.39. The number of para-hydroxylation sites is 1. The molecular formula is C62H68N3OPt-. The number of pyridine rings is 1. The first kappa shape index (κ1) is 40.5. The van der Waals surface area contributed by atoms with Gasteiger partial charge in [-0.1, -0.05) is 200 Å². The van der Waals surface area contributed by atoms with Gasteiger partial charge in [-0.15, -0.1) is 29.3 Å². The van der Waals surface area contributed by atoms with Crippen LogP contribution in [-0.4, -0.2) is 19.6 Å². The van der Waals surface area contributed by atoms with Crippen LogP contribution in [-0.2, 0) is 48.1 Å². The molecule has 0 aliphatic heterocycles. The van der Waals surface area contributed by atoms with Crippen LogP contribution in [0.2, 0.25) is 0 Å². The number of rotatable bonds is 6. The molecule has 2 heterocycles. The van der Waals surface area contributed by atoms with Crippen LogP contribution in [0.4, 0.5) is 0 Å². The summed E-state index contributed by atoms with van der Waals surface area (Å²) >= 11 is 0. The van der Waals surface area contributed by atoms with Crippen LogP contribution in [0.5, 0.6) is 5.75 Å². The molecule has 0 aliphatic rings. The van der Waals surface area contributed by atoms with Crippen molar-refractivity contribution >= 4 is 11.0 Å². The Morgan fingerprint density at radius 1 is 0.537 bits per heavy atom. The summed E-state index contributed by atoms with van der Waals surface area (Å²) in [6.45, 7) is 31.7. The molecule has 0 fully saturated rings. The van der Waals surface area contributed by atoms with Gasteiger partial charge in [-0.3, -0.25) is 9.55 Å². The second kappa shape index (κ2) is 17.8. The Morgan fingerprint density at radius 3 is 1.73 bits per heavy atom. The Hall–Kier alpha value is -5.57. The molecule has 1 N–H and O–H groups in total. The Balaban J connectivity index is 0.00000800. The Bertz CT molecular complexity index is 3480. The largest absolute Gasteiger partial charge is 0.507 e. The third-order valence-electron chi connectivity index (χ3n) is 12.5. The summed E-state index contributed by atoms with van der Waals surface area (Å²) in [5.74, 6) is 0.456. The molecule has 2 aromatic heterocycles. The van der Waals surface area contributed by atoms with Crippen LogP contribution in [0.25, 0.3) is 72.7 Å². The molecule has 4 nitrogen and oxygen atoms in total. The number of phenols is 1. The summed E-state index contributed by atoms with van der Waals surface area (Å²) in [6.07, 6.45) is 1.51. The van der Waals surface area contributed by atoms with Gasteiger partial charge in [-0.25, -0.2) is 4.98 Å². The van der Waals surface area contributed by atoms with Crippen molar-refractivity contribution < 1.29 is 35.8 Å². The van der Waals surface area contributed by atoms with E-state index in [2.05, 4.69) is 134 Å². The molecule has 6 aromatic carbocycles. The van der Waals surface area contributed by atoms with E-state index in [-0.39, 0.29) is 78.2 Å². The first-order valence-electron chi connectivity index (χ1n) is 26.5.